The fraction of sp³-hybridized carbons (Fsp3) is 0. The zero-order valence-corrected chi connectivity index (χ0v) is 12.1. The van der Waals surface area contributed by atoms with Crippen LogP contribution in [0.25, 0.3) is 16.4 Å². The van der Waals surface area contributed by atoms with E-state index in [2.05, 4.69) is 26.0 Å². The van der Waals surface area contributed by atoms with Gasteiger partial charge in [-0.05, 0) is 39.5 Å². The number of carbonyl (C=O) groups is 1. The molecule has 0 aliphatic heterocycles. The lowest BCUT2D eigenvalue weighted by Crippen LogP contribution is -1.96. The Morgan fingerprint density at radius 3 is 2.84 bits per heavy atom. The molecule has 3 aromatic heterocycles. The van der Waals surface area contributed by atoms with Gasteiger partial charge in [0, 0.05) is 16.9 Å². The maximum Gasteiger partial charge on any atom is 0.153 e. The molecule has 0 bridgehead atoms. The van der Waals surface area contributed by atoms with Crippen LogP contribution in [0.2, 0.25) is 0 Å². The van der Waals surface area contributed by atoms with Crippen molar-refractivity contribution >= 4 is 33.6 Å². The summed E-state index contributed by atoms with van der Waals surface area (Å²) < 4.78 is 2.55. The predicted molar refractivity (Wildman–Crippen MR) is 77.8 cm³/mol. The molecular weight excluding hydrogens is 326 g/mol. The SMILES string of the molecule is O=Cc1cn(-c2ccccn2)nc1-c1sccc1Br. The Balaban J connectivity index is 2.15. The molecule has 0 radical (unpaired) electrons. The normalized spacial score (nSPS) is 10.6. The molecule has 6 heteroatoms. The minimum absolute atomic E-state index is 0.550. The monoisotopic (exact) mass is 333 g/mol. The van der Waals surface area contributed by atoms with Crippen molar-refractivity contribution < 1.29 is 4.79 Å². The number of hydrogen-bond acceptors (Lipinski definition) is 4. The van der Waals surface area contributed by atoms with Crippen molar-refractivity contribution in [3.05, 3.63) is 52.1 Å². The van der Waals surface area contributed by atoms with Gasteiger partial charge in [-0.2, -0.15) is 5.10 Å². The predicted octanol–water partition coefficient (Wildman–Crippen LogP) is 3.57. The van der Waals surface area contributed by atoms with E-state index in [0.29, 0.717) is 17.1 Å². The second-order valence-corrected chi connectivity index (χ2v) is 5.55. The summed E-state index contributed by atoms with van der Waals surface area (Å²) in [6.45, 7) is 0. The minimum atomic E-state index is 0.550. The van der Waals surface area contributed by atoms with E-state index in [-0.39, 0.29) is 0 Å². The zero-order valence-electron chi connectivity index (χ0n) is 9.65. The highest BCUT2D eigenvalue weighted by atomic mass is 79.9. The third kappa shape index (κ3) is 2.24. The summed E-state index contributed by atoms with van der Waals surface area (Å²) in [5, 5.41) is 6.41. The Morgan fingerprint density at radius 2 is 2.21 bits per heavy atom. The van der Waals surface area contributed by atoms with Gasteiger partial charge in [0.1, 0.15) is 5.69 Å². The average Bonchev–Trinajstić information content (AvgIpc) is 3.05. The molecule has 3 heterocycles. The van der Waals surface area contributed by atoms with E-state index in [1.54, 1.807) is 17.1 Å². The molecular formula is C13H8BrN3OS. The highest BCUT2D eigenvalue weighted by molar-refractivity contribution is 9.10. The molecule has 0 fully saturated rings. The van der Waals surface area contributed by atoms with Gasteiger partial charge in [0.05, 0.1) is 10.4 Å². The van der Waals surface area contributed by atoms with E-state index in [4.69, 9.17) is 0 Å². The highest BCUT2D eigenvalue weighted by Gasteiger charge is 2.15. The van der Waals surface area contributed by atoms with Crippen LogP contribution in [-0.4, -0.2) is 21.1 Å². The van der Waals surface area contributed by atoms with Crippen LogP contribution in [-0.2, 0) is 0 Å². The summed E-state index contributed by atoms with van der Waals surface area (Å²) in [4.78, 5) is 16.4. The number of carbonyl (C=O) groups excluding carboxylic acids is 1. The van der Waals surface area contributed by atoms with Crippen LogP contribution in [0.15, 0.2) is 46.5 Å². The van der Waals surface area contributed by atoms with Gasteiger partial charge < -0.3 is 0 Å². The molecule has 4 nitrogen and oxygen atoms in total. The van der Waals surface area contributed by atoms with Crippen LogP contribution in [0, 0.1) is 0 Å². The van der Waals surface area contributed by atoms with Crippen LogP contribution >= 0.6 is 27.3 Å². The first-order chi connectivity index (χ1) is 9.29. The molecule has 0 atom stereocenters. The quantitative estimate of drug-likeness (QED) is 0.688. The number of thiophene rings is 1. The largest absolute Gasteiger partial charge is 0.298 e. The zero-order chi connectivity index (χ0) is 13.2. The van der Waals surface area contributed by atoms with Crippen molar-refractivity contribution in [2.75, 3.05) is 0 Å². The van der Waals surface area contributed by atoms with Crippen LogP contribution in [0.3, 0.4) is 0 Å². The Kier molecular flexibility index (Phi) is 3.27. The van der Waals surface area contributed by atoms with Crippen LogP contribution in [0.1, 0.15) is 10.4 Å². The molecule has 0 aliphatic carbocycles. The summed E-state index contributed by atoms with van der Waals surface area (Å²) in [6, 6.07) is 7.50. The van der Waals surface area contributed by atoms with E-state index in [9.17, 15) is 4.79 Å². The van der Waals surface area contributed by atoms with Crippen molar-refractivity contribution in [2.45, 2.75) is 0 Å². The Bertz CT molecular complexity index is 721. The lowest BCUT2D eigenvalue weighted by atomic mass is 10.2. The fourth-order valence-corrected chi connectivity index (χ4v) is 3.29. The van der Waals surface area contributed by atoms with Gasteiger partial charge in [-0.15, -0.1) is 11.3 Å². The smallest absolute Gasteiger partial charge is 0.153 e. The third-order valence-electron chi connectivity index (χ3n) is 2.59. The first-order valence-corrected chi connectivity index (χ1v) is 7.16. The van der Waals surface area contributed by atoms with Gasteiger partial charge in [-0.25, -0.2) is 9.67 Å². The maximum absolute atomic E-state index is 11.2. The van der Waals surface area contributed by atoms with Crippen molar-refractivity contribution in [1.82, 2.24) is 14.8 Å². The van der Waals surface area contributed by atoms with Gasteiger partial charge in [-0.1, -0.05) is 6.07 Å². The summed E-state index contributed by atoms with van der Waals surface area (Å²) in [5.74, 6) is 0.685. The van der Waals surface area contributed by atoms with Gasteiger partial charge >= 0.3 is 0 Å². The number of hydrogen-bond donors (Lipinski definition) is 0. The lowest BCUT2D eigenvalue weighted by molar-refractivity contribution is 0.112. The van der Waals surface area contributed by atoms with Gasteiger partial charge in [0.2, 0.25) is 0 Å². The number of pyridine rings is 1. The molecule has 19 heavy (non-hydrogen) atoms. The topological polar surface area (TPSA) is 47.8 Å². The number of halogens is 1. The first-order valence-electron chi connectivity index (χ1n) is 5.49. The van der Waals surface area contributed by atoms with Crippen LogP contribution in [0.5, 0.6) is 0 Å². The Hall–Kier alpha value is -1.79. The van der Waals surface area contributed by atoms with Crippen LogP contribution in [0.4, 0.5) is 0 Å². The van der Waals surface area contributed by atoms with Gasteiger partial charge in [0.15, 0.2) is 12.1 Å². The molecule has 0 spiro atoms. The first kappa shape index (κ1) is 12.3. The Labute approximate surface area is 121 Å². The van der Waals surface area contributed by atoms with E-state index in [1.165, 1.54) is 11.3 Å². The van der Waals surface area contributed by atoms with Crippen LogP contribution < -0.4 is 0 Å². The third-order valence-corrected chi connectivity index (χ3v) is 4.43. The molecule has 0 unspecified atom stereocenters. The molecule has 0 aromatic carbocycles. The maximum atomic E-state index is 11.2. The van der Waals surface area contributed by atoms with Crippen molar-refractivity contribution in [3.63, 3.8) is 0 Å². The second-order valence-electron chi connectivity index (χ2n) is 3.78. The fourth-order valence-electron chi connectivity index (χ4n) is 1.72. The van der Waals surface area contributed by atoms with Crippen molar-refractivity contribution in [2.24, 2.45) is 0 Å². The number of rotatable bonds is 3. The van der Waals surface area contributed by atoms with E-state index in [1.807, 2.05) is 29.6 Å². The molecule has 3 aromatic rings. The number of aldehydes is 1. The summed E-state index contributed by atoms with van der Waals surface area (Å²) >= 11 is 5.00. The Morgan fingerprint density at radius 1 is 1.32 bits per heavy atom. The van der Waals surface area contributed by atoms with E-state index >= 15 is 0 Å². The molecule has 0 aliphatic rings. The molecule has 0 saturated carbocycles. The second kappa shape index (κ2) is 5.07. The molecule has 0 saturated heterocycles. The van der Waals surface area contributed by atoms with E-state index in [0.717, 1.165) is 15.6 Å². The van der Waals surface area contributed by atoms with Crippen molar-refractivity contribution in [1.29, 1.82) is 0 Å². The number of aromatic nitrogens is 3. The summed E-state index contributed by atoms with van der Waals surface area (Å²) in [5.41, 5.74) is 1.22. The minimum Gasteiger partial charge on any atom is -0.298 e. The molecule has 94 valence electrons. The number of nitrogens with zero attached hydrogens (tertiary/aromatic N) is 3. The lowest BCUT2D eigenvalue weighted by Gasteiger charge is -1.98. The van der Waals surface area contributed by atoms with Gasteiger partial charge in [-0.3, -0.25) is 4.79 Å². The standard InChI is InChI=1S/C13H8BrN3OS/c14-10-4-6-19-13(10)12-9(8-18)7-17(16-12)11-3-1-2-5-15-11/h1-8H. The summed E-state index contributed by atoms with van der Waals surface area (Å²) in [6.07, 6.45) is 4.20. The molecule has 3 rings (SSSR count). The average molecular weight is 334 g/mol. The van der Waals surface area contributed by atoms with Gasteiger partial charge in [0.25, 0.3) is 0 Å². The molecule has 0 amide bonds. The van der Waals surface area contributed by atoms with Crippen molar-refractivity contribution in [3.8, 4) is 16.4 Å². The molecule has 0 N–H and O–H groups in total. The van der Waals surface area contributed by atoms with E-state index < -0.39 is 0 Å². The summed E-state index contributed by atoms with van der Waals surface area (Å²) in [7, 11) is 0. The highest BCUT2D eigenvalue weighted by Crippen LogP contribution is 2.34.